The number of aliphatic imine (C=N–C) groups is 1. The zero-order valence-electron chi connectivity index (χ0n) is 14.9. The van der Waals surface area contributed by atoms with Crippen molar-refractivity contribution < 1.29 is 0 Å². The van der Waals surface area contributed by atoms with E-state index in [0.717, 1.165) is 25.5 Å². The number of nitrogens with zero attached hydrogens (tertiary/aromatic N) is 2. The highest BCUT2D eigenvalue weighted by Crippen LogP contribution is 2.17. The van der Waals surface area contributed by atoms with Gasteiger partial charge in [-0.25, -0.2) is 0 Å². The molecular weight excluding hydrogens is 286 g/mol. The second kappa shape index (κ2) is 7.51. The number of benzene rings is 1. The summed E-state index contributed by atoms with van der Waals surface area (Å²) in [7, 11) is 5.99. The van der Waals surface area contributed by atoms with E-state index in [1.807, 2.05) is 7.05 Å². The second-order valence-corrected chi connectivity index (χ2v) is 6.67. The lowest BCUT2D eigenvalue weighted by atomic mass is 10.0. The third kappa shape index (κ3) is 4.48. The van der Waals surface area contributed by atoms with Gasteiger partial charge in [0.1, 0.15) is 0 Å². The van der Waals surface area contributed by atoms with Gasteiger partial charge >= 0.3 is 0 Å². The summed E-state index contributed by atoms with van der Waals surface area (Å²) in [6.07, 6.45) is 3.06. The highest BCUT2D eigenvalue weighted by Gasteiger charge is 2.20. The van der Waals surface area contributed by atoms with Crippen LogP contribution in [-0.2, 0) is 6.42 Å². The molecule has 0 aliphatic carbocycles. The summed E-state index contributed by atoms with van der Waals surface area (Å²) in [4.78, 5) is 9.83. The van der Waals surface area contributed by atoms with Crippen LogP contribution in [0.5, 0.6) is 0 Å². The first-order chi connectivity index (χ1) is 10.9. The highest BCUT2D eigenvalue weighted by atomic mass is 15.2. The lowest BCUT2D eigenvalue weighted by Gasteiger charge is -2.33. The summed E-state index contributed by atoms with van der Waals surface area (Å²) >= 11 is 0. The first-order valence-electron chi connectivity index (χ1n) is 8.11. The predicted octanol–water partition coefficient (Wildman–Crippen LogP) is 2.22. The molecule has 0 aliphatic heterocycles. The van der Waals surface area contributed by atoms with Crippen LogP contribution < -0.4 is 10.6 Å². The van der Waals surface area contributed by atoms with E-state index >= 15 is 0 Å². The maximum Gasteiger partial charge on any atom is 0.191 e. The van der Waals surface area contributed by atoms with Crippen LogP contribution in [0.3, 0.4) is 0 Å². The Labute approximate surface area is 139 Å². The Bertz CT molecular complexity index is 654. The molecule has 0 saturated carbocycles. The highest BCUT2D eigenvalue weighted by molar-refractivity contribution is 5.83. The molecule has 23 heavy (non-hydrogen) atoms. The number of hydrogen-bond donors (Lipinski definition) is 3. The monoisotopic (exact) mass is 315 g/mol. The molecule has 0 saturated heterocycles. The molecule has 2 rings (SSSR count). The number of hydrogen-bond acceptors (Lipinski definition) is 2. The number of H-pyrrole nitrogens is 1. The molecule has 5 nitrogen and oxygen atoms in total. The first-order valence-corrected chi connectivity index (χ1v) is 8.11. The van der Waals surface area contributed by atoms with E-state index in [1.54, 1.807) is 0 Å². The molecule has 0 atom stereocenters. The molecule has 1 heterocycles. The largest absolute Gasteiger partial charge is 0.361 e. The van der Waals surface area contributed by atoms with Crippen LogP contribution in [0.4, 0.5) is 0 Å². The average Bonchev–Trinajstić information content (AvgIpc) is 2.94. The Hall–Kier alpha value is -2.01. The Balaban J connectivity index is 1.84. The van der Waals surface area contributed by atoms with Crippen LogP contribution >= 0.6 is 0 Å². The van der Waals surface area contributed by atoms with Crippen LogP contribution in [0.1, 0.15) is 19.4 Å². The fourth-order valence-corrected chi connectivity index (χ4v) is 2.33. The normalized spacial score (nSPS) is 12.9. The Morgan fingerprint density at radius 2 is 1.96 bits per heavy atom. The lowest BCUT2D eigenvalue weighted by molar-refractivity contribution is 0.197. The zero-order chi connectivity index (χ0) is 16.9. The van der Waals surface area contributed by atoms with Crippen molar-refractivity contribution in [1.29, 1.82) is 0 Å². The minimum Gasteiger partial charge on any atom is -0.361 e. The van der Waals surface area contributed by atoms with Crippen molar-refractivity contribution in [3.8, 4) is 0 Å². The number of fused-ring (bicyclic) bond motifs is 1. The number of rotatable bonds is 6. The molecule has 0 spiro atoms. The number of nitrogens with one attached hydrogen (secondary N) is 3. The van der Waals surface area contributed by atoms with E-state index in [2.05, 4.69) is 83.9 Å². The summed E-state index contributed by atoms with van der Waals surface area (Å²) in [5, 5.41) is 8.09. The molecule has 0 amide bonds. The van der Waals surface area contributed by atoms with Gasteiger partial charge in [0, 0.05) is 42.8 Å². The van der Waals surface area contributed by atoms with Crippen LogP contribution in [0, 0.1) is 0 Å². The van der Waals surface area contributed by atoms with Crippen molar-refractivity contribution in [3.05, 3.63) is 36.0 Å². The maximum absolute atomic E-state index is 4.30. The van der Waals surface area contributed by atoms with Gasteiger partial charge in [-0.3, -0.25) is 4.99 Å². The Morgan fingerprint density at radius 3 is 2.65 bits per heavy atom. The summed E-state index contributed by atoms with van der Waals surface area (Å²) < 4.78 is 0. The van der Waals surface area contributed by atoms with Gasteiger partial charge in [0.15, 0.2) is 5.96 Å². The summed E-state index contributed by atoms with van der Waals surface area (Å²) in [6.45, 7) is 6.11. The van der Waals surface area contributed by atoms with Crippen molar-refractivity contribution in [3.63, 3.8) is 0 Å². The number of likely N-dealkylation sites (N-methyl/N-ethyl adjacent to an activating group) is 1. The quantitative estimate of drug-likeness (QED) is 0.566. The average molecular weight is 315 g/mol. The van der Waals surface area contributed by atoms with E-state index in [-0.39, 0.29) is 5.54 Å². The molecular formula is C18H29N5. The number of para-hydroxylation sites is 1. The van der Waals surface area contributed by atoms with Gasteiger partial charge in [-0.2, -0.15) is 0 Å². The van der Waals surface area contributed by atoms with Crippen LogP contribution in [-0.4, -0.2) is 55.6 Å². The van der Waals surface area contributed by atoms with E-state index in [9.17, 15) is 0 Å². The van der Waals surface area contributed by atoms with Crippen LogP contribution in [0.25, 0.3) is 10.9 Å². The summed E-state index contributed by atoms with van der Waals surface area (Å²) in [6, 6.07) is 8.40. The van der Waals surface area contributed by atoms with Crippen LogP contribution in [0.15, 0.2) is 35.5 Å². The molecule has 0 fully saturated rings. The molecule has 1 aromatic carbocycles. The Morgan fingerprint density at radius 1 is 1.22 bits per heavy atom. The SMILES string of the molecule is CN=C(NCCc1c[nH]c2ccccc12)NCC(C)(C)N(C)C. The topological polar surface area (TPSA) is 55.5 Å². The van der Waals surface area contributed by atoms with E-state index in [0.29, 0.717) is 0 Å². The molecule has 0 aliphatic rings. The fraction of sp³-hybridized carbons (Fsp3) is 0.500. The van der Waals surface area contributed by atoms with Crippen molar-refractivity contribution in [2.24, 2.45) is 4.99 Å². The number of aromatic amines is 1. The molecule has 5 heteroatoms. The molecule has 0 bridgehead atoms. The summed E-state index contributed by atoms with van der Waals surface area (Å²) in [5.41, 5.74) is 2.60. The molecule has 1 aromatic heterocycles. The second-order valence-electron chi connectivity index (χ2n) is 6.67. The first kappa shape index (κ1) is 17.3. The molecule has 0 unspecified atom stereocenters. The predicted molar refractivity (Wildman–Crippen MR) is 99.1 cm³/mol. The summed E-state index contributed by atoms with van der Waals surface area (Å²) in [5.74, 6) is 0.847. The molecule has 126 valence electrons. The van der Waals surface area contributed by atoms with E-state index < -0.39 is 0 Å². The van der Waals surface area contributed by atoms with Gasteiger partial charge in [0.2, 0.25) is 0 Å². The van der Waals surface area contributed by atoms with Gasteiger partial charge in [-0.05, 0) is 46.0 Å². The van der Waals surface area contributed by atoms with Gasteiger partial charge in [-0.15, -0.1) is 0 Å². The Kier molecular flexibility index (Phi) is 5.66. The minimum absolute atomic E-state index is 0.0778. The van der Waals surface area contributed by atoms with Crippen LogP contribution in [0.2, 0.25) is 0 Å². The van der Waals surface area contributed by atoms with Gasteiger partial charge in [-0.1, -0.05) is 18.2 Å². The van der Waals surface area contributed by atoms with E-state index in [1.165, 1.54) is 16.5 Å². The lowest BCUT2D eigenvalue weighted by Crippen LogP contribution is -2.51. The van der Waals surface area contributed by atoms with E-state index in [4.69, 9.17) is 0 Å². The van der Waals surface area contributed by atoms with Crippen molar-refractivity contribution >= 4 is 16.9 Å². The van der Waals surface area contributed by atoms with Crippen molar-refractivity contribution in [1.82, 2.24) is 20.5 Å². The van der Waals surface area contributed by atoms with Gasteiger partial charge < -0.3 is 20.5 Å². The molecule has 0 radical (unpaired) electrons. The van der Waals surface area contributed by atoms with Crippen molar-refractivity contribution in [2.75, 3.05) is 34.2 Å². The number of guanidine groups is 1. The maximum atomic E-state index is 4.30. The third-order valence-corrected chi connectivity index (χ3v) is 4.48. The standard InChI is InChI=1S/C18H29N5/c1-18(2,23(4)5)13-22-17(19-3)20-11-10-14-12-21-16-9-7-6-8-15(14)16/h6-9,12,21H,10-11,13H2,1-5H3,(H2,19,20,22). The van der Waals surface area contributed by atoms with Gasteiger partial charge in [0.25, 0.3) is 0 Å². The molecule has 2 aromatic rings. The van der Waals surface area contributed by atoms with Gasteiger partial charge in [0.05, 0.1) is 0 Å². The fourth-order valence-electron chi connectivity index (χ4n) is 2.33. The number of aromatic nitrogens is 1. The molecule has 3 N–H and O–H groups in total. The smallest absolute Gasteiger partial charge is 0.191 e. The minimum atomic E-state index is 0.0778. The zero-order valence-corrected chi connectivity index (χ0v) is 14.9. The third-order valence-electron chi connectivity index (χ3n) is 4.48. The van der Waals surface area contributed by atoms with Crippen molar-refractivity contribution in [2.45, 2.75) is 25.8 Å².